The Hall–Kier alpha value is -1.84. The first-order chi connectivity index (χ1) is 12.0. The molecule has 0 radical (unpaired) electrons. The summed E-state index contributed by atoms with van der Waals surface area (Å²) in [5.41, 5.74) is 4.82. The molecular formula is C21H30N2O2. The minimum atomic E-state index is 0.185. The average Bonchev–Trinajstić information content (AvgIpc) is 2.77. The zero-order chi connectivity index (χ0) is 18.0. The van der Waals surface area contributed by atoms with Crippen LogP contribution in [0.15, 0.2) is 12.1 Å². The molecular weight excluding hydrogens is 312 g/mol. The highest BCUT2D eigenvalue weighted by molar-refractivity contribution is 5.81. The Morgan fingerprint density at radius 3 is 2.20 bits per heavy atom. The first kappa shape index (κ1) is 18.0. The van der Waals surface area contributed by atoms with E-state index in [0.29, 0.717) is 25.4 Å². The number of rotatable bonds is 3. The minimum Gasteiger partial charge on any atom is -0.341 e. The van der Waals surface area contributed by atoms with E-state index in [4.69, 9.17) is 0 Å². The van der Waals surface area contributed by atoms with Gasteiger partial charge in [-0.1, -0.05) is 18.6 Å². The smallest absolute Gasteiger partial charge is 0.227 e. The predicted molar refractivity (Wildman–Crippen MR) is 99.5 cm³/mol. The van der Waals surface area contributed by atoms with Gasteiger partial charge in [0.15, 0.2) is 0 Å². The van der Waals surface area contributed by atoms with Gasteiger partial charge in [0.2, 0.25) is 11.8 Å². The number of aryl methyl sites for hydroxylation is 3. The first-order valence-corrected chi connectivity index (χ1v) is 9.59. The number of amides is 2. The molecule has 1 saturated carbocycles. The fraction of sp³-hybridized carbons (Fsp3) is 0.619. The Labute approximate surface area is 151 Å². The van der Waals surface area contributed by atoms with Crippen LogP contribution in [0, 0.1) is 26.7 Å². The van der Waals surface area contributed by atoms with Crippen LogP contribution in [-0.4, -0.2) is 47.8 Å². The van der Waals surface area contributed by atoms with E-state index in [-0.39, 0.29) is 11.8 Å². The lowest BCUT2D eigenvalue weighted by Gasteiger charge is -2.31. The van der Waals surface area contributed by atoms with Crippen LogP contribution in [0.2, 0.25) is 0 Å². The Kier molecular flexibility index (Phi) is 5.45. The van der Waals surface area contributed by atoms with E-state index in [9.17, 15) is 9.59 Å². The summed E-state index contributed by atoms with van der Waals surface area (Å²) in [4.78, 5) is 29.1. The van der Waals surface area contributed by atoms with Gasteiger partial charge in [0.05, 0.1) is 6.42 Å². The Morgan fingerprint density at radius 2 is 1.52 bits per heavy atom. The van der Waals surface area contributed by atoms with Crippen LogP contribution in [-0.2, 0) is 16.0 Å². The van der Waals surface area contributed by atoms with Crippen LogP contribution in [0.3, 0.4) is 0 Å². The zero-order valence-electron chi connectivity index (χ0n) is 15.8. The second-order valence-corrected chi connectivity index (χ2v) is 7.73. The number of carbonyl (C=O) groups is 2. The van der Waals surface area contributed by atoms with Gasteiger partial charge < -0.3 is 9.80 Å². The summed E-state index contributed by atoms with van der Waals surface area (Å²) in [7, 11) is 0. The lowest BCUT2D eigenvalue weighted by Crippen LogP contribution is -2.41. The van der Waals surface area contributed by atoms with Gasteiger partial charge in [0.25, 0.3) is 0 Å². The second kappa shape index (κ2) is 7.59. The third-order valence-corrected chi connectivity index (χ3v) is 5.91. The van der Waals surface area contributed by atoms with E-state index >= 15 is 0 Å². The molecule has 4 nitrogen and oxygen atoms in total. The molecule has 3 rings (SSSR count). The van der Waals surface area contributed by atoms with Crippen LogP contribution in [0.25, 0.3) is 0 Å². The maximum absolute atomic E-state index is 12.8. The molecule has 1 heterocycles. The third-order valence-electron chi connectivity index (χ3n) is 5.91. The van der Waals surface area contributed by atoms with Crippen molar-refractivity contribution in [3.8, 4) is 0 Å². The van der Waals surface area contributed by atoms with Crippen molar-refractivity contribution in [2.45, 2.75) is 52.9 Å². The normalized spacial score (nSPS) is 18.7. The number of hydrogen-bond donors (Lipinski definition) is 0. The van der Waals surface area contributed by atoms with Crippen LogP contribution >= 0.6 is 0 Å². The van der Waals surface area contributed by atoms with Crippen molar-refractivity contribution in [3.63, 3.8) is 0 Å². The lowest BCUT2D eigenvalue weighted by atomic mass is 9.84. The highest BCUT2D eigenvalue weighted by Crippen LogP contribution is 2.28. The molecule has 0 N–H and O–H groups in total. The number of benzene rings is 1. The van der Waals surface area contributed by atoms with Gasteiger partial charge in [0.1, 0.15) is 0 Å². The van der Waals surface area contributed by atoms with Gasteiger partial charge in [-0.25, -0.2) is 0 Å². The summed E-state index contributed by atoms with van der Waals surface area (Å²) >= 11 is 0. The largest absolute Gasteiger partial charge is 0.341 e. The SMILES string of the molecule is Cc1cc(C)c(CC(=O)N2CCCN(C(=O)C3CCC3)CC2)cc1C. The van der Waals surface area contributed by atoms with Crippen molar-refractivity contribution >= 4 is 11.8 Å². The molecule has 0 atom stereocenters. The minimum absolute atomic E-state index is 0.185. The molecule has 1 aromatic rings. The molecule has 1 aliphatic heterocycles. The Morgan fingerprint density at radius 1 is 0.880 bits per heavy atom. The molecule has 0 aromatic heterocycles. The molecule has 2 aliphatic rings. The predicted octanol–water partition coefficient (Wildman–Crippen LogP) is 3.02. The van der Waals surface area contributed by atoms with E-state index in [2.05, 4.69) is 32.9 Å². The van der Waals surface area contributed by atoms with Crippen LogP contribution in [0.5, 0.6) is 0 Å². The number of carbonyl (C=O) groups excluding carboxylic acids is 2. The maximum atomic E-state index is 12.8. The highest BCUT2D eigenvalue weighted by atomic mass is 16.2. The Balaban J connectivity index is 1.59. The average molecular weight is 342 g/mol. The highest BCUT2D eigenvalue weighted by Gasteiger charge is 2.30. The van der Waals surface area contributed by atoms with E-state index in [1.807, 2.05) is 9.80 Å². The standard InChI is InChI=1S/C21H30N2O2/c1-15-12-17(3)19(13-16(15)2)14-20(24)22-8-5-9-23(11-10-22)21(25)18-6-4-7-18/h12-13,18H,4-11,14H2,1-3H3. The van der Waals surface area contributed by atoms with Crippen molar-refractivity contribution in [1.82, 2.24) is 9.80 Å². The van der Waals surface area contributed by atoms with Crippen LogP contribution < -0.4 is 0 Å². The van der Waals surface area contributed by atoms with Crippen LogP contribution in [0.4, 0.5) is 0 Å². The topological polar surface area (TPSA) is 40.6 Å². The summed E-state index contributed by atoms with van der Waals surface area (Å²) in [6.07, 6.45) is 4.62. The summed E-state index contributed by atoms with van der Waals surface area (Å²) in [6.45, 7) is 9.19. The molecule has 0 spiro atoms. The van der Waals surface area contributed by atoms with E-state index < -0.39 is 0 Å². The van der Waals surface area contributed by atoms with Gasteiger partial charge in [-0.2, -0.15) is 0 Å². The van der Waals surface area contributed by atoms with Crippen molar-refractivity contribution in [1.29, 1.82) is 0 Å². The molecule has 2 amide bonds. The second-order valence-electron chi connectivity index (χ2n) is 7.73. The fourth-order valence-corrected chi connectivity index (χ4v) is 3.79. The van der Waals surface area contributed by atoms with Crippen molar-refractivity contribution in [2.24, 2.45) is 5.92 Å². The molecule has 2 fully saturated rings. The Bertz CT molecular complexity index is 664. The molecule has 0 unspecified atom stereocenters. The van der Waals surface area contributed by atoms with Crippen LogP contribution in [0.1, 0.15) is 47.9 Å². The first-order valence-electron chi connectivity index (χ1n) is 9.59. The molecule has 1 aliphatic carbocycles. The summed E-state index contributed by atoms with van der Waals surface area (Å²) in [5.74, 6) is 0.746. The number of hydrogen-bond acceptors (Lipinski definition) is 2. The van der Waals surface area contributed by atoms with Crippen molar-refractivity contribution in [2.75, 3.05) is 26.2 Å². The fourth-order valence-electron chi connectivity index (χ4n) is 3.79. The third kappa shape index (κ3) is 4.05. The number of nitrogens with zero attached hydrogens (tertiary/aromatic N) is 2. The van der Waals surface area contributed by atoms with Gasteiger partial charge in [-0.15, -0.1) is 0 Å². The van der Waals surface area contributed by atoms with E-state index in [0.717, 1.165) is 37.9 Å². The quantitative estimate of drug-likeness (QED) is 0.847. The summed E-state index contributed by atoms with van der Waals surface area (Å²) < 4.78 is 0. The van der Waals surface area contributed by atoms with Gasteiger partial charge in [-0.05, 0) is 62.3 Å². The zero-order valence-corrected chi connectivity index (χ0v) is 15.8. The summed E-state index contributed by atoms with van der Waals surface area (Å²) in [5, 5.41) is 0. The van der Waals surface area contributed by atoms with Gasteiger partial charge >= 0.3 is 0 Å². The maximum Gasteiger partial charge on any atom is 0.227 e. The van der Waals surface area contributed by atoms with Gasteiger partial charge in [-0.3, -0.25) is 9.59 Å². The van der Waals surface area contributed by atoms with Crippen molar-refractivity contribution in [3.05, 3.63) is 34.4 Å². The molecule has 25 heavy (non-hydrogen) atoms. The molecule has 1 saturated heterocycles. The monoisotopic (exact) mass is 342 g/mol. The molecule has 1 aromatic carbocycles. The van der Waals surface area contributed by atoms with Gasteiger partial charge in [0, 0.05) is 32.1 Å². The van der Waals surface area contributed by atoms with Crippen molar-refractivity contribution < 1.29 is 9.59 Å². The summed E-state index contributed by atoms with van der Waals surface area (Å²) in [6, 6.07) is 4.31. The molecule has 136 valence electrons. The van der Waals surface area contributed by atoms with E-state index in [1.165, 1.54) is 23.1 Å². The molecule has 0 bridgehead atoms. The lowest BCUT2D eigenvalue weighted by molar-refractivity contribution is -0.138. The van der Waals surface area contributed by atoms with E-state index in [1.54, 1.807) is 0 Å². The molecule has 4 heteroatoms.